The van der Waals surface area contributed by atoms with Crippen LogP contribution in [0.3, 0.4) is 0 Å². The van der Waals surface area contributed by atoms with Gasteiger partial charge in [0.1, 0.15) is 6.54 Å². The molecule has 0 unspecified atom stereocenters. The van der Waals surface area contributed by atoms with Crippen LogP contribution in [0.4, 0.5) is 0 Å². The monoisotopic (exact) mass is 457 g/mol. The van der Waals surface area contributed by atoms with Gasteiger partial charge >= 0.3 is 0 Å². The summed E-state index contributed by atoms with van der Waals surface area (Å²) in [7, 11) is 0. The van der Waals surface area contributed by atoms with Crippen molar-refractivity contribution in [1.82, 2.24) is 0 Å². The first-order chi connectivity index (χ1) is 11.9. The van der Waals surface area contributed by atoms with Gasteiger partial charge in [0.25, 0.3) is 0 Å². The van der Waals surface area contributed by atoms with Crippen molar-refractivity contribution < 1.29 is 28.5 Å². The fraction of sp³-hybridized carbons (Fsp3) is 0.696. The summed E-state index contributed by atoms with van der Waals surface area (Å²) in [5, 5.41) is 0. The van der Waals surface area contributed by atoms with Crippen LogP contribution >= 0.6 is 0 Å². The maximum atomic E-state index is 3.89. The molecule has 1 aromatic rings. The van der Waals surface area contributed by atoms with Crippen LogP contribution < -0.4 is 28.5 Å². The lowest BCUT2D eigenvalue weighted by Gasteiger charge is -2.03. The van der Waals surface area contributed by atoms with E-state index in [1.165, 1.54) is 95.6 Å². The summed E-state index contributed by atoms with van der Waals surface area (Å²) in [6.07, 6.45) is 24.0. The summed E-state index contributed by atoms with van der Waals surface area (Å²) in [5.41, 5.74) is 1.23. The summed E-state index contributed by atoms with van der Waals surface area (Å²) >= 11 is 0. The van der Waals surface area contributed by atoms with E-state index in [2.05, 4.69) is 42.5 Å². The first-order valence-corrected chi connectivity index (χ1v) is 10.5. The Hall–Kier alpha value is -0.380. The molecule has 0 saturated heterocycles. The molecule has 25 heavy (non-hydrogen) atoms. The molecule has 0 amide bonds. The van der Waals surface area contributed by atoms with Gasteiger partial charge in [0.2, 0.25) is 5.69 Å². The molecule has 0 saturated carbocycles. The highest BCUT2D eigenvalue weighted by Crippen LogP contribution is 2.12. The zero-order chi connectivity index (χ0) is 17.3. The molecule has 0 aliphatic rings. The van der Waals surface area contributed by atoms with Gasteiger partial charge in [-0.25, -0.2) is 0 Å². The van der Waals surface area contributed by atoms with Gasteiger partial charge in [0.15, 0.2) is 6.20 Å². The van der Waals surface area contributed by atoms with Gasteiger partial charge in [-0.2, -0.15) is 4.57 Å². The van der Waals surface area contributed by atoms with Crippen molar-refractivity contribution in [3.8, 4) is 0 Å². The highest BCUT2D eigenvalue weighted by Gasteiger charge is 2.04. The van der Waals surface area contributed by atoms with E-state index in [1.807, 2.05) is 6.08 Å². The molecule has 0 fully saturated rings. The maximum absolute atomic E-state index is 3.89. The zero-order valence-corrected chi connectivity index (χ0v) is 18.7. The third-order valence-electron chi connectivity index (χ3n) is 4.94. The van der Waals surface area contributed by atoms with E-state index in [-0.39, 0.29) is 24.0 Å². The van der Waals surface area contributed by atoms with E-state index in [0.29, 0.717) is 0 Å². The molecule has 144 valence electrons. The number of nitrogens with zero attached hydrogens (tertiary/aromatic N) is 1. The van der Waals surface area contributed by atoms with Gasteiger partial charge in [-0.3, -0.25) is 0 Å². The van der Waals surface area contributed by atoms with Crippen LogP contribution in [0.25, 0.3) is 6.08 Å². The lowest BCUT2D eigenvalue weighted by molar-refractivity contribution is -0.699. The Morgan fingerprint density at radius 2 is 1.24 bits per heavy atom. The minimum atomic E-state index is 0. The van der Waals surface area contributed by atoms with E-state index in [9.17, 15) is 0 Å². The molecule has 0 aliphatic heterocycles. The second-order valence-electron chi connectivity index (χ2n) is 7.12. The summed E-state index contributed by atoms with van der Waals surface area (Å²) in [6.45, 7) is 7.30. The molecule has 1 aromatic heterocycles. The quantitative estimate of drug-likeness (QED) is 0.200. The molecular weight excluding hydrogens is 417 g/mol. The summed E-state index contributed by atoms with van der Waals surface area (Å²) in [4.78, 5) is 0. The molecule has 0 aromatic carbocycles. The number of aryl methyl sites for hydroxylation is 1. The number of hydrogen-bond donors (Lipinski definition) is 0. The Morgan fingerprint density at radius 1 is 0.760 bits per heavy atom. The Bertz CT molecular complexity index is 416. The van der Waals surface area contributed by atoms with Crippen molar-refractivity contribution in [2.24, 2.45) is 0 Å². The van der Waals surface area contributed by atoms with Gasteiger partial charge in [-0.15, -0.1) is 0 Å². The fourth-order valence-electron chi connectivity index (χ4n) is 3.36. The molecule has 1 nitrogen and oxygen atoms in total. The van der Waals surface area contributed by atoms with Gasteiger partial charge < -0.3 is 24.0 Å². The van der Waals surface area contributed by atoms with Crippen molar-refractivity contribution in [2.45, 2.75) is 103 Å². The minimum absolute atomic E-state index is 0. The first-order valence-electron chi connectivity index (χ1n) is 10.5. The normalized spacial score (nSPS) is 10.4. The number of hydrogen-bond acceptors (Lipinski definition) is 0. The average Bonchev–Trinajstić information content (AvgIpc) is 2.62. The molecular formula is C23H40IN. The Balaban J connectivity index is 0.00000576. The molecule has 2 heteroatoms. The highest BCUT2D eigenvalue weighted by atomic mass is 127. The lowest BCUT2D eigenvalue weighted by atomic mass is 10.0. The van der Waals surface area contributed by atoms with Gasteiger partial charge in [-0.1, -0.05) is 90.6 Å². The Morgan fingerprint density at radius 3 is 1.72 bits per heavy atom. The van der Waals surface area contributed by atoms with Crippen molar-refractivity contribution in [2.75, 3.05) is 0 Å². The maximum Gasteiger partial charge on any atom is 0.204 e. The summed E-state index contributed by atoms with van der Waals surface area (Å²) < 4.78 is 2.31. The van der Waals surface area contributed by atoms with Gasteiger partial charge in [-0.05, 0) is 12.5 Å². The molecule has 0 spiro atoms. The average molecular weight is 457 g/mol. The molecule has 0 bridgehead atoms. The first kappa shape index (κ1) is 24.6. The van der Waals surface area contributed by atoms with Crippen LogP contribution in [-0.4, -0.2) is 0 Å². The van der Waals surface area contributed by atoms with Crippen molar-refractivity contribution in [3.63, 3.8) is 0 Å². The predicted molar refractivity (Wildman–Crippen MR) is 107 cm³/mol. The van der Waals surface area contributed by atoms with Gasteiger partial charge in [0.05, 0.1) is 0 Å². The summed E-state index contributed by atoms with van der Waals surface area (Å²) in [5.74, 6) is 0. The standard InChI is InChI=1S/C23H40N.HI/c1-3-5-6-7-8-9-10-11-12-13-14-15-16-18-21-24-22-19-17-20-23(24)4-2;/h4,17,19-20,22H,2-3,5-16,18,21H2,1H3;1H/q+1;/p-1. The molecule has 1 heterocycles. The van der Waals surface area contributed by atoms with Crippen LogP contribution in [0.5, 0.6) is 0 Å². The fourth-order valence-corrected chi connectivity index (χ4v) is 3.36. The molecule has 0 N–H and O–H groups in total. The lowest BCUT2D eigenvalue weighted by Crippen LogP contribution is -3.00. The highest BCUT2D eigenvalue weighted by molar-refractivity contribution is 5.36. The SMILES string of the molecule is C=Cc1cccc[n+]1CCCCCCCCCCCCCCCC.[I-]. The molecule has 1 rings (SSSR count). The predicted octanol–water partition coefficient (Wildman–Crippen LogP) is 4.10. The number of halogens is 1. The second kappa shape index (κ2) is 18.4. The zero-order valence-electron chi connectivity index (χ0n) is 16.5. The van der Waals surface area contributed by atoms with Crippen LogP contribution in [0.15, 0.2) is 31.0 Å². The van der Waals surface area contributed by atoms with E-state index >= 15 is 0 Å². The minimum Gasteiger partial charge on any atom is -1.00 e. The largest absolute Gasteiger partial charge is 1.00 e. The van der Waals surface area contributed by atoms with E-state index in [1.54, 1.807) is 0 Å². The van der Waals surface area contributed by atoms with Crippen LogP contribution in [0, 0.1) is 0 Å². The van der Waals surface area contributed by atoms with Crippen LogP contribution in [-0.2, 0) is 6.54 Å². The smallest absolute Gasteiger partial charge is 0.204 e. The van der Waals surface area contributed by atoms with Crippen LogP contribution in [0.1, 0.15) is 103 Å². The number of pyridine rings is 1. The van der Waals surface area contributed by atoms with E-state index in [4.69, 9.17) is 0 Å². The van der Waals surface area contributed by atoms with Crippen molar-refractivity contribution >= 4 is 6.08 Å². The third kappa shape index (κ3) is 13.5. The van der Waals surface area contributed by atoms with Crippen molar-refractivity contribution in [1.29, 1.82) is 0 Å². The van der Waals surface area contributed by atoms with Gasteiger partial charge in [0, 0.05) is 24.6 Å². The Labute approximate surface area is 174 Å². The molecule has 0 radical (unpaired) electrons. The molecule has 0 atom stereocenters. The molecule has 0 aliphatic carbocycles. The van der Waals surface area contributed by atoms with Crippen LogP contribution in [0.2, 0.25) is 0 Å². The number of unbranched alkanes of at least 4 members (excludes halogenated alkanes) is 13. The third-order valence-corrected chi connectivity index (χ3v) is 4.94. The van der Waals surface area contributed by atoms with Crippen molar-refractivity contribution in [3.05, 3.63) is 36.7 Å². The van der Waals surface area contributed by atoms with E-state index < -0.39 is 0 Å². The number of aromatic nitrogens is 1. The summed E-state index contributed by atoms with van der Waals surface area (Å²) in [6, 6.07) is 6.33. The number of rotatable bonds is 16. The topological polar surface area (TPSA) is 3.88 Å². The second-order valence-corrected chi connectivity index (χ2v) is 7.12. The Kier molecular flexibility index (Phi) is 18.1. The van der Waals surface area contributed by atoms with E-state index in [0.717, 1.165) is 6.54 Å².